The first-order chi connectivity index (χ1) is 9.15. The van der Waals surface area contributed by atoms with E-state index in [1.54, 1.807) is 17.0 Å². The number of carbonyl (C=O) groups is 2. The highest BCUT2D eigenvalue weighted by Crippen LogP contribution is 2.23. The summed E-state index contributed by atoms with van der Waals surface area (Å²) in [5, 5.41) is 2.78. The first kappa shape index (κ1) is 12.1. The van der Waals surface area contributed by atoms with Gasteiger partial charge in [0, 0.05) is 13.0 Å². The van der Waals surface area contributed by atoms with Crippen molar-refractivity contribution in [3.63, 3.8) is 0 Å². The van der Waals surface area contributed by atoms with E-state index >= 15 is 0 Å². The SMILES string of the molecule is O=C1N[C@@H](Cc2ccc(F)cc2)C(=O)N2CCC[C@@H]12. The van der Waals surface area contributed by atoms with Crippen LogP contribution in [0.3, 0.4) is 0 Å². The quantitative estimate of drug-likeness (QED) is 0.859. The van der Waals surface area contributed by atoms with Gasteiger partial charge in [-0.15, -0.1) is 0 Å². The van der Waals surface area contributed by atoms with Crippen LogP contribution in [0.4, 0.5) is 4.39 Å². The Kier molecular flexibility index (Phi) is 2.97. The summed E-state index contributed by atoms with van der Waals surface area (Å²) in [6.45, 7) is 0.664. The number of benzene rings is 1. The maximum Gasteiger partial charge on any atom is 0.246 e. The van der Waals surface area contributed by atoms with Gasteiger partial charge in [-0.2, -0.15) is 0 Å². The van der Waals surface area contributed by atoms with Gasteiger partial charge in [-0.05, 0) is 30.5 Å². The topological polar surface area (TPSA) is 49.4 Å². The average molecular weight is 262 g/mol. The summed E-state index contributed by atoms with van der Waals surface area (Å²) < 4.78 is 12.8. The molecule has 2 aliphatic heterocycles. The van der Waals surface area contributed by atoms with Crippen molar-refractivity contribution in [2.45, 2.75) is 31.3 Å². The molecule has 3 rings (SSSR count). The van der Waals surface area contributed by atoms with Gasteiger partial charge in [0.2, 0.25) is 11.8 Å². The number of carbonyl (C=O) groups excluding carboxylic acids is 2. The van der Waals surface area contributed by atoms with Crippen molar-refractivity contribution in [3.05, 3.63) is 35.6 Å². The fraction of sp³-hybridized carbons (Fsp3) is 0.429. The first-order valence-corrected chi connectivity index (χ1v) is 6.50. The Labute approximate surface area is 110 Å². The summed E-state index contributed by atoms with van der Waals surface area (Å²) in [6, 6.07) is 5.21. The molecule has 2 atom stereocenters. The van der Waals surface area contributed by atoms with Crippen LogP contribution in [0.15, 0.2) is 24.3 Å². The summed E-state index contributed by atoms with van der Waals surface area (Å²) in [5.41, 5.74) is 0.845. The van der Waals surface area contributed by atoms with Crippen LogP contribution < -0.4 is 5.32 Å². The van der Waals surface area contributed by atoms with E-state index in [0.717, 1.165) is 18.4 Å². The van der Waals surface area contributed by atoms with Crippen LogP contribution in [0.1, 0.15) is 18.4 Å². The third-order valence-corrected chi connectivity index (χ3v) is 3.81. The van der Waals surface area contributed by atoms with Gasteiger partial charge in [-0.25, -0.2) is 4.39 Å². The Balaban J connectivity index is 1.76. The molecule has 1 aromatic rings. The Morgan fingerprint density at radius 3 is 2.74 bits per heavy atom. The van der Waals surface area contributed by atoms with E-state index in [1.165, 1.54) is 12.1 Å². The summed E-state index contributed by atoms with van der Waals surface area (Å²) in [7, 11) is 0. The Hall–Kier alpha value is -1.91. The number of hydrogen-bond donors (Lipinski definition) is 1. The van der Waals surface area contributed by atoms with Crippen LogP contribution >= 0.6 is 0 Å². The Morgan fingerprint density at radius 2 is 2.00 bits per heavy atom. The normalized spacial score (nSPS) is 26.3. The lowest BCUT2D eigenvalue weighted by Gasteiger charge is -2.34. The molecule has 0 spiro atoms. The predicted molar refractivity (Wildman–Crippen MR) is 66.8 cm³/mol. The van der Waals surface area contributed by atoms with Crippen LogP contribution in [0.25, 0.3) is 0 Å². The first-order valence-electron chi connectivity index (χ1n) is 6.50. The van der Waals surface area contributed by atoms with E-state index in [1.807, 2.05) is 0 Å². The minimum atomic E-state index is -0.521. The van der Waals surface area contributed by atoms with Crippen molar-refractivity contribution in [1.82, 2.24) is 10.2 Å². The van der Waals surface area contributed by atoms with Gasteiger partial charge in [0.25, 0.3) is 0 Å². The van der Waals surface area contributed by atoms with Crippen molar-refractivity contribution in [3.8, 4) is 0 Å². The number of nitrogens with one attached hydrogen (secondary N) is 1. The highest BCUT2D eigenvalue weighted by molar-refractivity contribution is 5.97. The zero-order valence-corrected chi connectivity index (χ0v) is 10.4. The van der Waals surface area contributed by atoms with Crippen molar-refractivity contribution in [1.29, 1.82) is 0 Å². The molecule has 2 heterocycles. The molecular formula is C14H15FN2O2. The largest absolute Gasteiger partial charge is 0.342 e. The minimum absolute atomic E-state index is 0.0218. The Bertz CT molecular complexity index is 515. The molecule has 19 heavy (non-hydrogen) atoms. The molecular weight excluding hydrogens is 247 g/mol. The summed E-state index contributed by atoms with van der Waals surface area (Å²) >= 11 is 0. The molecule has 0 aromatic heterocycles. The number of halogens is 1. The van der Waals surface area contributed by atoms with Gasteiger partial charge < -0.3 is 10.2 Å². The maximum atomic E-state index is 12.8. The lowest BCUT2D eigenvalue weighted by Crippen LogP contribution is -2.61. The van der Waals surface area contributed by atoms with Crippen molar-refractivity contribution in [2.24, 2.45) is 0 Å². The maximum absolute atomic E-state index is 12.8. The van der Waals surface area contributed by atoms with Gasteiger partial charge in [0.15, 0.2) is 0 Å². The number of hydrogen-bond acceptors (Lipinski definition) is 2. The number of piperazine rings is 1. The molecule has 2 aliphatic rings. The summed E-state index contributed by atoms with van der Waals surface area (Å²) in [5.74, 6) is -0.391. The molecule has 100 valence electrons. The van der Waals surface area contributed by atoms with Gasteiger partial charge in [0.1, 0.15) is 17.9 Å². The van der Waals surface area contributed by atoms with Gasteiger partial charge in [0.05, 0.1) is 0 Å². The van der Waals surface area contributed by atoms with Crippen molar-refractivity contribution in [2.75, 3.05) is 6.54 Å². The molecule has 5 heteroatoms. The molecule has 4 nitrogen and oxygen atoms in total. The fourth-order valence-electron chi connectivity index (χ4n) is 2.83. The van der Waals surface area contributed by atoms with Crippen LogP contribution in [0.5, 0.6) is 0 Å². The third kappa shape index (κ3) is 2.20. The molecule has 0 unspecified atom stereocenters. The number of fused-ring (bicyclic) bond motifs is 1. The molecule has 1 aromatic carbocycles. The van der Waals surface area contributed by atoms with Gasteiger partial charge >= 0.3 is 0 Å². The van der Waals surface area contributed by atoms with Crippen LogP contribution in [0, 0.1) is 5.82 Å². The highest BCUT2D eigenvalue weighted by atomic mass is 19.1. The zero-order chi connectivity index (χ0) is 13.4. The number of amides is 2. The molecule has 0 radical (unpaired) electrons. The van der Waals surface area contributed by atoms with Gasteiger partial charge in [-0.3, -0.25) is 9.59 Å². The van der Waals surface area contributed by atoms with E-state index in [9.17, 15) is 14.0 Å². The van der Waals surface area contributed by atoms with Crippen LogP contribution in [-0.2, 0) is 16.0 Å². The minimum Gasteiger partial charge on any atom is -0.342 e. The van der Waals surface area contributed by atoms with E-state index in [2.05, 4.69) is 5.32 Å². The second-order valence-corrected chi connectivity index (χ2v) is 5.08. The van der Waals surface area contributed by atoms with Crippen molar-refractivity contribution < 1.29 is 14.0 Å². The highest BCUT2D eigenvalue weighted by Gasteiger charge is 2.42. The monoisotopic (exact) mass is 262 g/mol. The number of rotatable bonds is 2. The lowest BCUT2D eigenvalue weighted by molar-refractivity contribution is -0.146. The average Bonchev–Trinajstić information content (AvgIpc) is 2.88. The summed E-state index contributed by atoms with van der Waals surface area (Å²) in [6.07, 6.45) is 2.04. The van der Waals surface area contributed by atoms with E-state index in [4.69, 9.17) is 0 Å². The molecule has 0 saturated carbocycles. The second-order valence-electron chi connectivity index (χ2n) is 5.08. The molecule has 0 bridgehead atoms. The molecule has 2 amide bonds. The summed E-state index contributed by atoms with van der Waals surface area (Å²) in [4.78, 5) is 25.8. The fourth-order valence-corrected chi connectivity index (χ4v) is 2.83. The number of nitrogens with zero attached hydrogens (tertiary/aromatic N) is 1. The van der Waals surface area contributed by atoms with Crippen LogP contribution in [0.2, 0.25) is 0 Å². The lowest BCUT2D eigenvalue weighted by atomic mass is 10.0. The zero-order valence-electron chi connectivity index (χ0n) is 10.4. The molecule has 2 saturated heterocycles. The third-order valence-electron chi connectivity index (χ3n) is 3.81. The van der Waals surface area contributed by atoms with E-state index in [0.29, 0.717) is 13.0 Å². The van der Waals surface area contributed by atoms with Crippen LogP contribution in [-0.4, -0.2) is 35.3 Å². The van der Waals surface area contributed by atoms with Gasteiger partial charge in [-0.1, -0.05) is 12.1 Å². The molecule has 1 N–H and O–H groups in total. The standard InChI is InChI=1S/C14H15FN2O2/c15-10-5-3-9(4-6-10)8-11-14(19)17-7-1-2-12(17)13(18)16-11/h3-6,11-12H,1-2,7-8H2,(H,16,18)/t11-,12-/m0/s1. The predicted octanol–water partition coefficient (Wildman–Crippen LogP) is 0.858. The molecule has 0 aliphatic carbocycles. The molecule has 2 fully saturated rings. The smallest absolute Gasteiger partial charge is 0.246 e. The van der Waals surface area contributed by atoms with E-state index < -0.39 is 6.04 Å². The second kappa shape index (κ2) is 4.64. The van der Waals surface area contributed by atoms with Crippen molar-refractivity contribution >= 4 is 11.8 Å². The van der Waals surface area contributed by atoms with E-state index in [-0.39, 0.29) is 23.7 Å². The Morgan fingerprint density at radius 1 is 1.26 bits per heavy atom.